The number of fused-ring (bicyclic) bond motifs is 2. The SMILES string of the molecule is COc1ccc([Si](C)(C)[C@@H]2[C@@H](CCn3cc(CCO)nn3)O[C@]3(C(=O)N(Cc4ccc(NC(=O)c5ccccc5)cc4)c4ccc([N+](=O)[O-])cc43)[C@H]2C)cc1. The number of benzene rings is 4. The molecule has 0 saturated carbocycles. The van der Waals surface area contributed by atoms with Gasteiger partial charge in [0.05, 0.1) is 44.1 Å². The number of anilines is 2. The predicted octanol–water partition coefficient (Wildman–Crippen LogP) is 5.84. The lowest BCUT2D eigenvalue weighted by Gasteiger charge is -2.37. The number of aliphatic hydroxyl groups excluding tert-OH is 1. The van der Waals surface area contributed by atoms with Crippen molar-refractivity contribution in [2.75, 3.05) is 23.9 Å². The number of amides is 2. The maximum Gasteiger partial charge on any atom is 0.269 e. The number of aryl methyl sites for hydroxylation is 1. The van der Waals surface area contributed by atoms with Gasteiger partial charge in [-0.25, -0.2) is 0 Å². The first-order valence-electron chi connectivity index (χ1n) is 18.3. The lowest BCUT2D eigenvalue weighted by molar-refractivity contribution is -0.385. The van der Waals surface area contributed by atoms with Crippen molar-refractivity contribution in [1.29, 1.82) is 0 Å². The fraction of sp³-hybridized carbons (Fsp3) is 0.317. The molecule has 1 saturated heterocycles. The number of aromatic nitrogens is 3. The Balaban J connectivity index is 1.24. The van der Waals surface area contributed by atoms with Crippen molar-refractivity contribution in [3.8, 4) is 5.75 Å². The van der Waals surface area contributed by atoms with Gasteiger partial charge in [-0.2, -0.15) is 0 Å². The van der Waals surface area contributed by atoms with E-state index in [2.05, 4.69) is 40.9 Å². The van der Waals surface area contributed by atoms with Gasteiger partial charge in [0.1, 0.15) is 5.75 Å². The van der Waals surface area contributed by atoms with Crippen LogP contribution in [-0.2, 0) is 34.6 Å². The van der Waals surface area contributed by atoms with Gasteiger partial charge in [-0.15, -0.1) is 5.10 Å². The van der Waals surface area contributed by atoms with Crippen molar-refractivity contribution in [2.45, 2.75) is 63.2 Å². The lowest BCUT2D eigenvalue weighted by atomic mass is 9.82. The zero-order valence-electron chi connectivity index (χ0n) is 31.2. The first kappa shape index (κ1) is 37.6. The fourth-order valence-corrected chi connectivity index (χ4v) is 12.5. The summed E-state index contributed by atoms with van der Waals surface area (Å²) in [5.74, 6) is -0.116. The number of non-ortho nitro benzene ring substituents is 1. The van der Waals surface area contributed by atoms with Gasteiger partial charge in [0.15, 0.2) is 5.60 Å². The van der Waals surface area contributed by atoms with Crippen LogP contribution in [0, 0.1) is 16.0 Å². The van der Waals surface area contributed by atoms with Crippen LogP contribution in [0.4, 0.5) is 17.1 Å². The normalized spacial score (nSPS) is 20.5. The van der Waals surface area contributed by atoms with Crippen LogP contribution in [0.2, 0.25) is 18.6 Å². The molecule has 0 radical (unpaired) electrons. The number of nitrogens with zero attached hydrogens (tertiary/aromatic N) is 5. The molecule has 55 heavy (non-hydrogen) atoms. The van der Waals surface area contributed by atoms with Crippen molar-refractivity contribution in [3.63, 3.8) is 0 Å². The van der Waals surface area contributed by atoms with Crippen molar-refractivity contribution in [3.05, 3.63) is 136 Å². The van der Waals surface area contributed by atoms with Crippen LogP contribution in [0.25, 0.3) is 0 Å². The van der Waals surface area contributed by atoms with Crippen molar-refractivity contribution >= 4 is 42.1 Å². The summed E-state index contributed by atoms with van der Waals surface area (Å²) in [6, 6.07) is 28.9. The van der Waals surface area contributed by atoms with Gasteiger partial charge in [0.25, 0.3) is 17.5 Å². The van der Waals surface area contributed by atoms with Gasteiger partial charge >= 0.3 is 0 Å². The minimum atomic E-state index is -2.47. The van der Waals surface area contributed by atoms with Gasteiger partial charge < -0.3 is 24.8 Å². The number of hydrogen-bond acceptors (Lipinski definition) is 9. The topological polar surface area (TPSA) is 162 Å². The molecule has 1 fully saturated rings. The van der Waals surface area contributed by atoms with Crippen LogP contribution >= 0.6 is 0 Å². The van der Waals surface area contributed by atoms with E-state index in [0.29, 0.717) is 47.6 Å². The Morgan fingerprint density at radius 2 is 1.78 bits per heavy atom. The van der Waals surface area contributed by atoms with E-state index in [1.807, 2.05) is 43.5 Å². The minimum Gasteiger partial charge on any atom is -0.497 e. The molecular formula is C41H44N6O7Si. The summed E-state index contributed by atoms with van der Waals surface area (Å²) in [5, 5.41) is 34.1. The number of nitro benzene ring substituents is 1. The van der Waals surface area contributed by atoms with E-state index in [-0.39, 0.29) is 42.1 Å². The second-order valence-corrected chi connectivity index (χ2v) is 19.4. The predicted molar refractivity (Wildman–Crippen MR) is 210 cm³/mol. The van der Waals surface area contributed by atoms with Gasteiger partial charge in [0, 0.05) is 60.6 Å². The first-order chi connectivity index (χ1) is 26.5. The third kappa shape index (κ3) is 7.04. The highest BCUT2D eigenvalue weighted by Gasteiger charge is 2.66. The molecule has 3 heterocycles. The van der Waals surface area contributed by atoms with Gasteiger partial charge in [0.2, 0.25) is 0 Å². The van der Waals surface area contributed by atoms with E-state index in [1.54, 1.807) is 59.2 Å². The summed E-state index contributed by atoms with van der Waals surface area (Å²) < 4.78 is 14.3. The summed E-state index contributed by atoms with van der Waals surface area (Å²) in [6.07, 6.45) is 2.31. The average molecular weight is 761 g/mol. The summed E-state index contributed by atoms with van der Waals surface area (Å²) >= 11 is 0. The maximum absolute atomic E-state index is 15.2. The Morgan fingerprint density at radius 3 is 2.45 bits per heavy atom. The number of methoxy groups -OCH3 is 1. The highest BCUT2D eigenvalue weighted by atomic mass is 28.3. The van der Waals surface area contributed by atoms with Gasteiger partial charge in [-0.3, -0.25) is 24.4 Å². The van der Waals surface area contributed by atoms with E-state index in [0.717, 1.165) is 11.3 Å². The summed E-state index contributed by atoms with van der Waals surface area (Å²) in [7, 11) is -0.841. The Bertz CT molecular complexity index is 2200. The van der Waals surface area contributed by atoms with E-state index in [9.17, 15) is 20.0 Å². The fourth-order valence-electron chi connectivity index (χ4n) is 8.45. The van der Waals surface area contributed by atoms with Gasteiger partial charge in [-0.05, 0) is 60.0 Å². The second kappa shape index (κ2) is 15.2. The molecule has 1 aromatic heterocycles. The Kier molecular flexibility index (Phi) is 10.4. The average Bonchev–Trinajstić information content (AvgIpc) is 3.84. The second-order valence-electron chi connectivity index (χ2n) is 14.8. The Morgan fingerprint density at radius 1 is 1.05 bits per heavy atom. The number of nitro groups is 1. The molecule has 7 rings (SSSR count). The summed E-state index contributed by atoms with van der Waals surface area (Å²) in [6.45, 7) is 7.23. The molecule has 2 aliphatic rings. The molecule has 1 spiro atoms. The standard InChI is InChI=1S/C41H44N6O7Si/c1-27-38(55(3,4)34-17-15-33(53-2)16-18-34)37(20-22-45-26-31(21-23-48)43-44-45)54-41(27)35-24-32(47(51)52)14-19-36(35)46(40(41)50)25-28-10-12-30(13-11-28)42-39(49)29-8-6-5-7-9-29/h5-19,24,26-27,37-38,48H,20-23,25H2,1-4H3,(H,42,49)/t27-,37+,38-,41+/m0/s1. The Labute approximate surface area is 320 Å². The molecule has 5 aromatic rings. The summed E-state index contributed by atoms with van der Waals surface area (Å²) in [4.78, 5) is 41.3. The molecule has 4 aromatic carbocycles. The molecule has 0 unspecified atom stereocenters. The van der Waals surface area contributed by atoms with Crippen molar-refractivity contribution < 1.29 is 29.1 Å². The lowest BCUT2D eigenvalue weighted by Crippen LogP contribution is -2.51. The van der Waals surface area contributed by atoms with E-state index in [4.69, 9.17) is 9.47 Å². The molecule has 4 atom stereocenters. The first-order valence-corrected chi connectivity index (χ1v) is 21.4. The smallest absolute Gasteiger partial charge is 0.269 e. The monoisotopic (exact) mass is 760 g/mol. The molecule has 14 heteroatoms. The molecular weight excluding hydrogens is 717 g/mol. The minimum absolute atomic E-state index is 0.0344. The van der Waals surface area contributed by atoms with Gasteiger partial charge in [-0.1, -0.05) is 72.9 Å². The summed E-state index contributed by atoms with van der Waals surface area (Å²) in [5.41, 5.74) is 2.00. The molecule has 2 N–H and O–H groups in total. The third-order valence-electron chi connectivity index (χ3n) is 11.2. The van der Waals surface area contributed by atoms with Crippen molar-refractivity contribution in [1.82, 2.24) is 15.0 Å². The van der Waals surface area contributed by atoms with E-state index >= 15 is 4.79 Å². The molecule has 2 amide bonds. The van der Waals surface area contributed by atoms with Crippen LogP contribution in [0.5, 0.6) is 5.75 Å². The molecule has 0 aliphatic carbocycles. The highest BCUT2D eigenvalue weighted by Crippen LogP contribution is 2.60. The number of nitrogens with one attached hydrogen (secondary N) is 1. The molecule has 0 bridgehead atoms. The van der Waals surface area contributed by atoms with Crippen LogP contribution in [0.1, 0.15) is 40.5 Å². The van der Waals surface area contributed by atoms with Crippen LogP contribution in [0.3, 0.4) is 0 Å². The van der Waals surface area contributed by atoms with Crippen molar-refractivity contribution in [2.24, 2.45) is 5.92 Å². The maximum atomic E-state index is 15.2. The Hall–Kier alpha value is -5.70. The molecule has 13 nitrogen and oxygen atoms in total. The number of carbonyl (C=O) groups is 2. The quantitative estimate of drug-likeness (QED) is 0.0854. The zero-order chi connectivity index (χ0) is 38.9. The number of rotatable bonds is 13. The van der Waals surface area contributed by atoms with E-state index in [1.165, 1.54) is 17.3 Å². The number of ether oxygens (including phenoxy) is 2. The van der Waals surface area contributed by atoms with E-state index < -0.39 is 24.7 Å². The molecule has 2 aliphatic heterocycles. The zero-order valence-corrected chi connectivity index (χ0v) is 32.2. The van der Waals surface area contributed by atoms with Crippen LogP contribution in [-0.4, -0.2) is 64.7 Å². The highest BCUT2D eigenvalue weighted by molar-refractivity contribution is 6.91. The number of hydrogen-bond donors (Lipinski definition) is 2. The van der Waals surface area contributed by atoms with Crippen LogP contribution in [0.15, 0.2) is 103 Å². The molecule has 284 valence electrons. The number of aliphatic hydroxyl groups is 1. The largest absolute Gasteiger partial charge is 0.497 e. The number of carbonyl (C=O) groups excluding carboxylic acids is 2. The van der Waals surface area contributed by atoms with Crippen LogP contribution < -0.4 is 20.1 Å². The third-order valence-corrected chi connectivity index (χ3v) is 15.6.